The molecular formula is C16H14BrN3O. The summed E-state index contributed by atoms with van der Waals surface area (Å²) < 4.78 is 0.975. The minimum absolute atomic E-state index is 0.199. The second kappa shape index (κ2) is 6.91. The first-order chi connectivity index (χ1) is 10.1. The van der Waals surface area contributed by atoms with E-state index in [1.165, 1.54) is 0 Å². The molecule has 0 bridgehead atoms. The Morgan fingerprint density at radius 1 is 1.24 bits per heavy atom. The second-order valence-corrected chi connectivity index (χ2v) is 5.42. The van der Waals surface area contributed by atoms with Gasteiger partial charge in [-0.25, -0.2) is 4.79 Å². The van der Waals surface area contributed by atoms with Gasteiger partial charge in [-0.3, -0.25) is 0 Å². The van der Waals surface area contributed by atoms with Crippen LogP contribution in [0.25, 0.3) is 0 Å². The van der Waals surface area contributed by atoms with E-state index >= 15 is 0 Å². The summed E-state index contributed by atoms with van der Waals surface area (Å²) >= 11 is 3.47. The zero-order chi connectivity index (χ0) is 15.2. The highest BCUT2D eigenvalue weighted by atomic mass is 79.9. The van der Waals surface area contributed by atoms with Crippen molar-refractivity contribution in [1.29, 1.82) is 5.26 Å². The zero-order valence-electron chi connectivity index (χ0n) is 11.5. The average Bonchev–Trinajstić information content (AvgIpc) is 2.50. The predicted molar refractivity (Wildman–Crippen MR) is 85.8 cm³/mol. The summed E-state index contributed by atoms with van der Waals surface area (Å²) in [5, 5.41) is 11.5. The van der Waals surface area contributed by atoms with Crippen LogP contribution >= 0.6 is 15.9 Å². The van der Waals surface area contributed by atoms with Gasteiger partial charge in [-0.05, 0) is 35.9 Å². The molecule has 21 heavy (non-hydrogen) atoms. The Hall–Kier alpha value is -2.32. The van der Waals surface area contributed by atoms with E-state index in [0.29, 0.717) is 17.8 Å². The summed E-state index contributed by atoms with van der Waals surface area (Å²) in [6.45, 7) is 0.504. The van der Waals surface area contributed by atoms with E-state index in [1.54, 1.807) is 36.2 Å². The van der Waals surface area contributed by atoms with Gasteiger partial charge in [0.15, 0.2) is 0 Å². The number of amides is 2. The number of benzene rings is 2. The number of hydrogen-bond acceptors (Lipinski definition) is 2. The number of carbonyl (C=O) groups is 1. The smallest absolute Gasteiger partial charge is 0.321 e. The Bertz CT molecular complexity index is 677. The first-order valence-electron chi connectivity index (χ1n) is 6.36. The Kier molecular flexibility index (Phi) is 4.96. The maximum Gasteiger partial charge on any atom is 0.321 e. The molecule has 5 heteroatoms. The number of nitrogens with one attached hydrogen (secondary N) is 1. The molecule has 0 aliphatic rings. The maximum absolute atomic E-state index is 12.1. The molecule has 4 nitrogen and oxygen atoms in total. The van der Waals surface area contributed by atoms with Crippen molar-refractivity contribution < 1.29 is 4.79 Å². The molecule has 0 atom stereocenters. The SMILES string of the molecule is CN(Cc1ccccc1Br)C(=O)Nc1ccc(C#N)cc1. The van der Waals surface area contributed by atoms with Crippen molar-refractivity contribution in [3.8, 4) is 6.07 Å². The van der Waals surface area contributed by atoms with Crippen LogP contribution in [0.1, 0.15) is 11.1 Å². The van der Waals surface area contributed by atoms with Gasteiger partial charge in [0.2, 0.25) is 0 Å². The van der Waals surface area contributed by atoms with Gasteiger partial charge in [0, 0.05) is 23.8 Å². The first kappa shape index (κ1) is 15.1. The molecule has 0 aromatic heterocycles. The molecule has 0 unspecified atom stereocenters. The van der Waals surface area contributed by atoms with E-state index in [1.807, 2.05) is 30.3 Å². The highest BCUT2D eigenvalue weighted by Crippen LogP contribution is 2.18. The lowest BCUT2D eigenvalue weighted by Crippen LogP contribution is -2.30. The van der Waals surface area contributed by atoms with Gasteiger partial charge >= 0.3 is 6.03 Å². The largest absolute Gasteiger partial charge is 0.323 e. The molecule has 0 spiro atoms. The summed E-state index contributed by atoms with van der Waals surface area (Å²) in [4.78, 5) is 13.7. The fourth-order valence-corrected chi connectivity index (χ4v) is 2.21. The van der Waals surface area contributed by atoms with Crippen LogP contribution in [0.2, 0.25) is 0 Å². The molecule has 1 N–H and O–H groups in total. The van der Waals surface area contributed by atoms with E-state index in [4.69, 9.17) is 5.26 Å². The highest BCUT2D eigenvalue weighted by molar-refractivity contribution is 9.10. The van der Waals surface area contributed by atoms with Crippen LogP contribution in [-0.2, 0) is 6.54 Å². The number of halogens is 1. The number of nitrogens with zero attached hydrogens (tertiary/aromatic N) is 2. The molecule has 0 aliphatic heterocycles. The van der Waals surface area contributed by atoms with Crippen molar-refractivity contribution in [2.45, 2.75) is 6.54 Å². The highest BCUT2D eigenvalue weighted by Gasteiger charge is 2.10. The zero-order valence-corrected chi connectivity index (χ0v) is 13.1. The molecule has 0 fully saturated rings. The third kappa shape index (κ3) is 4.07. The Morgan fingerprint density at radius 2 is 1.90 bits per heavy atom. The first-order valence-corrected chi connectivity index (χ1v) is 7.15. The van der Waals surface area contributed by atoms with Gasteiger partial charge in [0.1, 0.15) is 0 Å². The fraction of sp³-hybridized carbons (Fsp3) is 0.125. The van der Waals surface area contributed by atoms with Gasteiger partial charge < -0.3 is 10.2 Å². The third-order valence-corrected chi connectivity index (χ3v) is 3.75. The monoisotopic (exact) mass is 343 g/mol. The minimum atomic E-state index is -0.199. The number of nitriles is 1. The Morgan fingerprint density at radius 3 is 2.52 bits per heavy atom. The summed E-state index contributed by atoms with van der Waals surface area (Å²) in [6, 6.07) is 16.4. The van der Waals surface area contributed by atoms with Crippen molar-refractivity contribution in [2.75, 3.05) is 12.4 Å². The van der Waals surface area contributed by atoms with E-state index in [9.17, 15) is 4.79 Å². The van der Waals surface area contributed by atoms with Gasteiger partial charge in [0.25, 0.3) is 0 Å². The van der Waals surface area contributed by atoms with E-state index in [2.05, 4.69) is 21.2 Å². The van der Waals surface area contributed by atoms with Crippen molar-refractivity contribution in [3.63, 3.8) is 0 Å². The maximum atomic E-state index is 12.1. The molecule has 0 heterocycles. The van der Waals surface area contributed by atoms with Crippen LogP contribution in [0.5, 0.6) is 0 Å². The molecule has 2 rings (SSSR count). The molecule has 0 saturated heterocycles. The van der Waals surface area contributed by atoms with Crippen LogP contribution in [-0.4, -0.2) is 18.0 Å². The van der Waals surface area contributed by atoms with Crippen molar-refractivity contribution in [1.82, 2.24) is 4.90 Å². The molecule has 0 aliphatic carbocycles. The third-order valence-electron chi connectivity index (χ3n) is 2.98. The van der Waals surface area contributed by atoms with E-state index < -0.39 is 0 Å². The summed E-state index contributed by atoms with van der Waals surface area (Å²) in [5.41, 5.74) is 2.27. The molecule has 0 saturated carbocycles. The lowest BCUT2D eigenvalue weighted by atomic mass is 10.2. The van der Waals surface area contributed by atoms with Crippen LogP contribution in [0.3, 0.4) is 0 Å². The van der Waals surface area contributed by atoms with Gasteiger partial charge in [-0.15, -0.1) is 0 Å². The number of hydrogen-bond donors (Lipinski definition) is 1. The van der Waals surface area contributed by atoms with Crippen LogP contribution in [0.4, 0.5) is 10.5 Å². The molecule has 2 amide bonds. The molecular weight excluding hydrogens is 330 g/mol. The van der Waals surface area contributed by atoms with Crippen molar-refractivity contribution >= 4 is 27.6 Å². The summed E-state index contributed by atoms with van der Waals surface area (Å²) in [6.07, 6.45) is 0. The normalized spacial score (nSPS) is 9.76. The van der Waals surface area contributed by atoms with Crippen molar-refractivity contribution in [2.24, 2.45) is 0 Å². The van der Waals surface area contributed by atoms with Gasteiger partial charge in [-0.2, -0.15) is 5.26 Å². The predicted octanol–water partition coefficient (Wildman–Crippen LogP) is 3.98. The van der Waals surface area contributed by atoms with Crippen LogP contribution in [0, 0.1) is 11.3 Å². The standard InChI is InChI=1S/C16H14BrN3O/c1-20(11-13-4-2-3-5-15(13)17)16(21)19-14-8-6-12(10-18)7-9-14/h2-9H,11H2,1H3,(H,19,21). The summed E-state index contributed by atoms with van der Waals surface area (Å²) in [7, 11) is 1.73. The molecule has 2 aromatic rings. The van der Waals surface area contributed by atoms with Crippen molar-refractivity contribution in [3.05, 3.63) is 64.1 Å². The quantitative estimate of drug-likeness (QED) is 0.916. The molecule has 2 aromatic carbocycles. The molecule has 106 valence electrons. The number of carbonyl (C=O) groups excluding carboxylic acids is 1. The number of rotatable bonds is 3. The van der Waals surface area contributed by atoms with E-state index in [0.717, 1.165) is 10.0 Å². The van der Waals surface area contributed by atoms with Gasteiger partial charge in [0.05, 0.1) is 11.6 Å². The minimum Gasteiger partial charge on any atom is -0.323 e. The Balaban J connectivity index is 1.99. The fourth-order valence-electron chi connectivity index (χ4n) is 1.80. The van der Waals surface area contributed by atoms with E-state index in [-0.39, 0.29) is 6.03 Å². The van der Waals surface area contributed by atoms with Crippen LogP contribution < -0.4 is 5.32 Å². The summed E-state index contributed by atoms with van der Waals surface area (Å²) in [5.74, 6) is 0. The average molecular weight is 344 g/mol. The topological polar surface area (TPSA) is 56.1 Å². The lowest BCUT2D eigenvalue weighted by molar-refractivity contribution is 0.220. The molecule has 0 radical (unpaired) electrons. The van der Waals surface area contributed by atoms with Gasteiger partial charge in [-0.1, -0.05) is 34.1 Å². The number of urea groups is 1. The number of anilines is 1. The lowest BCUT2D eigenvalue weighted by Gasteiger charge is -2.18. The Labute approximate surface area is 132 Å². The van der Waals surface area contributed by atoms with Crippen LogP contribution in [0.15, 0.2) is 53.0 Å². The second-order valence-electron chi connectivity index (χ2n) is 4.57.